The van der Waals surface area contributed by atoms with Crippen LogP contribution in [0.1, 0.15) is 22.3 Å². The number of aliphatic hydroxyl groups excluding tert-OH is 1. The molecule has 1 atom stereocenters. The molecule has 0 aliphatic heterocycles. The molecule has 0 aromatic heterocycles. The summed E-state index contributed by atoms with van der Waals surface area (Å²) >= 11 is 5.85. The quantitative estimate of drug-likeness (QED) is 0.893. The first-order valence-corrected chi connectivity index (χ1v) is 7.01. The van der Waals surface area contributed by atoms with Crippen molar-refractivity contribution < 1.29 is 9.50 Å². The van der Waals surface area contributed by atoms with Crippen molar-refractivity contribution >= 4 is 11.6 Å². The molecule has 0 aliphatic rings. The van der Waals surface area contributed by atoms with E-state index >= 15 is 0 Å². The van der Waals surface area contributed by atoms with Crippen LogP contribution in [-0.2, 0) is 12.8 Å². The minimum atomic E-state index is -0.620. The first-order valence-electron chi connectivity index (χ1n) is 6.64. The van der Waals surface area contributed by atoms with Crippen molar-refractivity contribution in [2.75, 3.05) is 0 Å². The van der Waals surface area contributed by atoms with Crippen LogP contribution < -0.4 is 0 Å². The predicted octanol–water partition coefficient (Wildman–Crippen LogP) is 4.24. The molecule has 2 aromatic carbocycles. The lowest BCUT2D eigenvalue weighted by Crippen LogP contribution is -2.15. The maximum Gasteiger partial charge on any atom is 0.126 e. The van der Waals surface area contributed by atoms with Crippen molar-refractivity contribution in [2.45, 2.75) is 32.8 Å². The number of aliphatic hydroxyl groups is 1. The van der Waals surface area contributed by atoms with Crippen LogP contribution in [0.4, 0.5) is 4.39 Å². The van der Waals surface area contributed by atoms with Gasteiger partial charge in [-0.15, -0.1) is 0 Å². The molecule has 106 valence electrons. The molecule has 1 N–H and O–H groups in total. The Labute approximate surface area is 124 Å². The summed E-state index contributed by atoms with van der Waals surface area (Å²) in [6, 6.07) is 10.5. The van der Waals surface area contributed by atoms with Gasteiger partial charge in [-0.1, -0.05) is 29.8 Å². The van der Waals surface area contributed by atoms with Crippen LogP contribution in [0.5, 0.6) is 0 Å². The number of halogens is 2. The number of aryl methyl sites for hydroxylation is 2. The molecule has 2 aromatic rings. The molecule has 0 amide bonds. The molecule has 3 heteroatoms. The van der Waals surface area contributed by atoms with Crippen molar-refractivity contribution in [3.8, 4) is 0 Å². The predicted molar refractivity (Wildman–Crippen MR) is 80.7 cm³/mol. The zero-order valence-electron chi connectivity index (χ0n) is 11.7. The van der Waals surface area contributed by atoms with E-state index in [1.54, 1.807) is 6.07 Å². The van der Waals surface area contributed by atoms with Crippen molar-refractivity contribution in [3.63, 3.8) is 0 Å². The zero-order chi connectivity index (χ0) is 14.7. The molecule has 0 spiro atoms. The summed E-state index contributed by atoms with van der Waals surface area (Å²) in [5.74, 6) is -0.325. The van der Waals surface area contributed by atoms with Crippen LogP contribution in [0.15, 0.2) is 36.4 Å². The molecule has 0 fully saturated rings. The average Bonchev–Trinajstić information content (AvgIpc) is 2.38. The Morgan fingerprint density at radius 1 is 1.05 bits per heavy atom. The highest BCUT2D eigenvalue weighted by atomic mass is 35.5. The highest BCUT2D eigenvalue weighted by Crippen LogP contribution is 2.18. The third kappa shape index (κ3) is 3.81. The largest absolute Gasteiger partial charge is 0.392 e. The highest BCUT2D eigenvalue weighted by molar-refractivity contribution is 6.30. The molecule has 0 radical (unpaired) electrons. The van der Waals surface area contributed by atoms with E-state index in [0.29, 0.717) is 17.0 Å². The second kappa shape index (κ2) is 6.38. The summed E-state index contributed by atoms with van der Waals surface area (Å²) < 4.78 is 13.6. The van der Waals surface area contributed by atoms with Crippen LogP contribution in [0.3, 0.4) is 0 Å². The highest BCUT2D eigenvalue weighted by Gasteiger charge is 2.11. The molecule has 0 aliphatic carbocycles. The van der Waals surface area contributed by atoms with Gasteiger partial charge in [0.2, 0.25) is 0 Å². The Kier molecular flexibility index (Phi) is 4.79. The lowest BCUT2D eigenvalue weighted by Gasteiger charge is -2.13. The number of rotatable bonds is 4. The Morgan fingerprint density at radius 3 is 2.50 bits per heavy atom. The van der Waals surface area contributed by atoms with E-state index in [0.717, 1.165) is 5.56 Å². The van der Waals surface area contributed by atoms with Gasteiger partial charge >= 0.3 is 0 Å². The zero-order valence-corrected chi connectivity index (χ0v) is 12.4. The molecule has 1 nitrogen and oxygen atoms in total. The standard InChI is InChI=1S/C17H18ClFO/c1-11-3-4-13(7-12(11)2)8-16(20)10-14-9-15(18)5-6-17(14)19/h3-7,9,16,20H,8,10H2,1-2H3. The number of hydrogen-bond donors (Lipinski definition) is 1. The second-order valence-corrected chi connectivity index (χ2v) is 5.65. The van der Waals surface area contributed by atoms with E-state index < -0.39 is 6.10 Å². The summed E-state index contributed by atoms with van der Waals surface area (Å²) in [7, 11) is 0. The molecule has 1 unspecified atom stereocenters. The molecule has 20 heavy (non-hydrogen) atoms. The van der Waals surface area contributed by atoms with Crippen molar-refractivity contribution in [1.29, 1.82) is 0 Å². The van der Waals surface area contributed by atoms with Gasteiger partial charge in [-0.05, 0) is 60.7 Å². The Bertz CT molecular complexity index is 610. The van der Waals surface area contributed by atoms with Gasteiger partial charge in [0.15, 0.2) is 0 Å². The van der Waals surface area contributed by atoms with Crippen LogP contribution in [0.25, 0.3) is 0 Å². The maximum absolute atomic E-state index is 13.6. The van der Waals surface area contributed by atoms with E-state index in [4.69, 9.17) is 11.6 Å². The van der Waals surface area contributed by atoms with Gasteiger partial charge in [-0.25, -0.2) is 4.39 Å². The first kappa shape index (κ1) is 15.0. The lowest BCUT2D eigenvalue weighted by atomic mass is 9.98. The van der Waals surface area contributed by atoms with E-state index in [9.17, 15) is 9.50 Å². The maximum atomic E-state index is 13.6. The van der Waals surface area contributed by atoms with E-state index in [1.165, 1.54) is 23.3 Å². The molecule has 0 bridgehead atoms. The smallest absolute Gasteiger partial charge is 0.126 e. The van der Waals surface area contributed by atoms with Gasteiger partial charge in [0, 0.05) is 11.4 Å². The van der Waals surface area contributed by atoms with Gasteiger partial charge in [-0.2, -0.15) is 0 Å². The first-order chi connectivity index (χ1) is 9.45. The average molecular weight is 293 g/mol. The minimum Gasteiger partial charge on any atom is -0.392 e. The lowest BCUT2D eigenvalue weighted by molar-refractivity contribution is 0.174. The number of benzene rings is 2. The Hall–Kier alpha value is -1.38. The summed E-state index contributed by atoms with van der Waals surface area (Å²) in [5.41, 5.74) is 3.93. The van der Waals surface area contributed by atoms with Crippen molar-refractivity contribution in [3.05, 3.63) is 69.5 Å². The van der Waals surface area contributed by atoms with Crippen LogP contribution in [0.2, 0.25) is 5.02 Å². The summed E-state index contributed by atoms with van der Waals surface area (Å²) in [5, 5.41) is 10.6. The fraction of sp³-hybridized carbons (Fsp3) is 0.294. The van der Waals surface area contributed by atoms with Crippen molar-refractivity contribution in [1.82, 2.24) is 0 Å². The normalized spacial score (nSPS) is 12.4. The molecule has 2 rings (SSSR count). The fourth-order valence-corrected chi connectivity index (χ4v) is 2.42. The van der Waals surface area contributed by atoms with Gasteiger partial charge in [0.1, 0.15) is 5.82 Å². The monoisotopic (exact) mass is 292 g/mol. The van der Waals surface area contributed by atoms with E-state index in [-0.39, 0.29) is 12.2 Å². The Morgan fingerprint density at radius 2 is 1.80 bits per heavy atom. The molecule has 0 saturated carbocycles. The number of hydrogen-bond acceptors (Lipinski definition) is 1. The summed E-state index contributed by atoms with van der Waals surface area (Å²) in [6.45, 7) is 4.10. The third-order valence-electron chi connectivity index (χ3n) is 3.51. The van der Waals surface area contributed by atoms with Gasteiger partial charge in [-0.3, -0.25) is 0 Å². The minimum absolute atomic E-state index is 0.263. The topological polar surface area (TPSA) is 20.2 Å². The summed E-state index contributed by atoms with van der Waals surface area (Å²) in [4.78, 5) is 0. The fourth-order valence-electron chi connectivity index (χ4n) is 2.23. The van der Waals surface area contributed by atoms with E-state index in [2.05, 4.69) is 13.0 Å². The molecular formula is C17H18ClFO. The van der Waals surface area contributed by atoms with Crippen molar-refractivity contribution in [2.24, 2.45) is 0 Å². The van der Waals surface area contributed by atoms with Gasteiger partial charge in [0.25, 0.3) is 0 Å². The molecular weight excluding hydrogens is 275 g/mol. The third-order valence-corrected chi connectivity index (χ3v) is 3.74. The SMILES string of the molecule is Cc1ccc(CC(O)Cc2cc(Cl)ccc2F)cc1C. The van der Waals surface area contributed by atoms with E-state index in [1.807, 2.05) is 19.1 Å². The second-order valence-electron chi connectivity index (χ2n) is 5.22. The molecule has 0 saturated heterocycles. The van der Waals surface area contributed by atoms with Gasteiger partial charge in [0.05, 0.1) is 6.10 Å². The van der Waals surface area contributed by atoms with Crippen LogP contribution >= 0.6 is 11.6 Å². The van der Waals surface area contributed by atoms with Crippen LogP contribution in [0, 0.1) is 19.7 Å². The van der Waals surface area contributed by atoms with Crippen LogP contribution in [-0.4, -0.2) is 11.2 Å². The van der Waals surface area contributed by atoms with Gasteiger partial charge < -0.3 is 5.11 Å². The Balaban J connectivity index is 2.06. The molecule has 0 heterocycles. The summed E-state index contributed by atoms with van der Waals surface area (Å²) in [6.07, 6.45) is 0.150.